The molecule has 2 aromatic rings. The van der Waals surface area contributed by atoms with E-state index in [1.165, 1.54) is 9.75 Å². The lowest BCUT2D eigenvalue weighted by atomic mass is 10.2. The number of aryl methyl sites for hydroxylation is 3. The Morgan fingerprint density at radius 3 is 2.72 bits per heavy atom. The van der Waals surface area contributed by atoms with Crippen LogP contribution in [0.5, 0.6) is 5.88 Å². The fourth-order valence-corrected chi connectivity index (χ4v) is 2.89. The first kappa shape index (κ1) is 13.1. The van der Waals surface area contributed by atoms with Crippen molar-refractivity contribution in [3.63, 3.8) is 0 Å². The maximum absolute atomic E-state index is 5.37. The Morgan fingerprint density at radius 1 is 1.33 bits per heavy atom. The molecule has 18 heavy (non-hydrogen) atoms. The Hall–Kier alpha value is -1.33. The highest BCUT2D eigenvalue weighted by molar-refractivity contribution is 7.11. The van der Waals surface area contributed by atoms with Crippen LogP contribution < -0.4 is 10.1 Å². The summed E-state index contributed by atoms with van der Waals surface area (Å²) in [5.74, 6) is 0.836. The Balaban J connectivity index is 1.98. The number of aromatic nitrogens is 2. The summed E-state index contributed by atoms with van der Waals surface area (Å²) < 4.78 is 7.15. The SMILES string of the molecule is COc1c(CNCc2ccc(C)s2)c(C)nn1C. The number of hydrogen-bond acceptors (Lipinski definition) is 4. The molecule has 0 aromatic carbocycles. The molecule has 0 aliphatic carbocycles. The molecule has 0 amide bonds. The maximum atomic E-state index is 5.37. The van der Waals surface area contributed by atoms with Crippen molar-refractivity contribution in [1.82, 2.24) is 15.1 Å². The van der Waals surface area contributed by atoms with E-state index in [0.29, 0.717) is 0 Å². The minimum atomic E-state index is 0.778. The highest BCUT2D eigenvalue weighted by atomic mass is 32.1. The maximum Gasteiger partial charge on any atom is 0.216 e. The summed E-state index contributed by atoms with van der Waals surface area (Å²) in [6.45, 7) is 5.80. The molecule has 0 unspecified atom stereocenters. The third kappa shape index (κ3) is 2.73. The van der Waals surface area contributed by atoms with Gasteiger partial charge in [0.05, 0.1) is 18.4 Å². The van der Waals surface area contributed by atoms with Crippen LogP contribution in [0.4, 0.5) is 0 Å². The average Bonchev–Trinajstić information content (AvgIpc) is 2.84. The van der Waals surface area contributed by atoms with E-state index < -0.39 is 0 Å². The van der Waals surface area contributed by atoms with Crippen LogP contribution in [0.15, 0.2) is 12.1 Å². The molecule has 0 saturated heterocycles. The van der Waals surface area contributed by atoms with E-state index in [9.17, 15) is 0 Å². The zero-order valence-electron chi connectivity index (χ0n) is 11.3. The Kier molecular flexibility index (Phi) is 4.04. The molecule has 0 aliphatic rings. The first-order chi connectivity index (χ1) is 8.61. The molecule has 2 rings (SSSR count). The molecule has 0 bridgehead atoms. The number of ether oxygens (including phenoxy) is 1. The number of rotatable bonds is 5. The number of nitrogens with one attached hydrogen (secondary N) is 1. The van der Waals surface area contributed by atoms with Crippen LogP contribution in [0.1, 0.15) is 21.0 Å². The molecule has 0 atom stereocenters. The van der Waals surface area contributed by atoms with Gasteiger partial charge in [-0.3, -0.25) is 0 Å². The highest BCUT2D eigenvalue weighted by Gasteiger charge is 2.13. The van der Waals surface area contributed by atoms with Gasteiger partial charge in [-0.05, 0) is 26.0 Å². The van der Waals surface area contributed by atoms with Crippen molar-refractivity contribution in [3.8, 4) is 5.88 Å². The van der Waals surface area contributed by atoms with Crippen LogP contribution in [0.2, 0.25) is 0 Å². The zero-order chi connectivity index (χ0) is 13.1. The molecule has 0 fully saturated rings. The van der Waals surface area contributed by atoms with Gasteiger partial charge in [0.25, 0.3) is 0 Å². The van der Waals surface area contributed by atoms with E-state index in [0.717, 1.165) is 30.2 Å². The van der Waals surface area contributed by atoms with Gasteiger partial charge >= 0.3 is 0 Å². The molecule has 0 spiro atoms. The third-order valence-corrected chi connectivity index (χ3v) is 3.88. The molecule has 1 N–H and O–H groups in total. The summed E-state index contributed by atoms with van der Waals surface area (Å²) in [4.78, 5) is 2.70. The second-order valence-electron chi connectivity index (χ2n) is 4.31. The second-order valence-corrected chi connectivity index (χ2v) is 5.69. The van der Waals surface area contributed by atoms with Crippen molar-refractivity contribution < 1.29 is 4.74 Å². The minimum absolute atomic E-state index is 0.778. The number of hydrogen-bond donors (Lipinski definition) is 1. The summed E-state index contributed by atoms with van der Waals surface area (Å²) in [5, 5.41) is 7.80. The van der Waals surface area contributed by atoms with Crippen molar-refractivity contribution in [1.29, 1.82) is 0 Å². The van der Waals surface area contributed by atoms with Crippen molar-refractivity contribution in [2.45, 2.75) is 26.9 Å². The Bertz CT molecular complexity index is 530. The van der Waals surface area contributed by atoms with Crippen LogP contribution in [0.3, 0.4) is 0 Å². The van der Waals surface area contributed by atoms with Crippen LogP contribution >= 0.6 is 11.3 Å². The zero-order valence-corrected chi connectivity index (χ0v) is 12.1. The molecule has 98 valence electrons. The van der Waals surface area contributed by atoms with Crippen molar-refractivity contribution in [2.24, 2.45) is 7.05 Å². The van der Waals surface area contributed by atoms with Crippen molar-refractivity contribution in [3.05, 3.63) is 33.1 Å². The Morgan fingerprint density at radius 2 is 2.11 bits per heavy atom. The number of methoxy groups -OCH3 is 1. The minimum Gasteiger partial charge on any atom is -0.481 e. The van der Waals surface area contributed by atoms with E-state index in [1.54, 1.807) is 11.8 Å². The topological polar surface area (TPSA) is 39.1 Å². The monoisotopic (exact) mass is 265 g/mol. The highest BCUT2D eigenvalue weighted by Crippen LogP contribution is 2.21. The van der Waals surface area contributed by atoms with Gasteiger partial charge in [0, 0.05) is 29.9 Å². The summed E-state index contributed by atoms with van der Waals surface area (Å²) in [6, 6.07) is 4.32. The van der Waals surface area contributed by atoms with E-state index >= 15 is 0 Å². The van der Waals surface area contributed by atoms with Crippen LogP contribution in [-0.2, 0) is 20.1 Å². The molecule has 2 aromatic heterocycles. The van der Waals surface area contributed by atoms with Gasteiger partial charge in [-0.25, -0.2) is 4.68 Å². The van der Waals surface area contributed by atoms with Gasteiger partial charge < -0.3 is 10.1 Å². The first-order valence-corrected chi connectivity index (χ1v) is 6.76. The number of thiophene rings is 1. The van der Waals surface area contributed by atoms with E-state index in [1.807, 2.05) is 25.3 Å². The van der Waals surface area contributed by atoms with Gasteiger partial charge in [0.2, 0.25) is 5.88 Å². The van der Waals surface area contributed by atoms with E-state index in [4.69, 9.17) is 4.74 Å². The van der Waals surface area contributed by atoms with Crippen LogP contribution in [0.25, 0.3) is 0 Å². The molecule has 0 radical (unpaired) electrons. The summed E-state index contributed by atoms with van der Waals surface area (Å²) in [7, 11) is 3.58. The fourth-order valence-electron chi connectivity index (χ4n) is 2.03. The van der Waals surface area contributed by atoms with Gasteiger partial charge in [0.1, 0.15) is 0 Å². The molecule has 4 nitrogen and oxygen atoms in total. The second kappa shape index (κ2) is 5.54. The summed E-state index contributed by atoms with van der Waals surface area (Å²) in [5.41, 5.74) is 2.15. The first-order valence-electron chi connectivity index (χ1n) is 5.94. The molecular weight excluding hydrogens is 246 g/mol. The molecular formula is C13H19N3OS. The van der Waals surface area contributed by atoms with Gasteiger partial charge in [-0.15, -0.1) is 11.3 Å². The molecule has 2 heterocycles. The Labute approximate surface area is 112 Å². The standard InChI is InChI=1S/C13H19N3OS/c1-9-5-6-11(18-9)7-14-8-12-10(2)15-16(3)13(12)17-4/h5-6,14H,7-8H2,1-4H3. The fraction of sp³-hybridized carbons (Fsp3) is 0.462. The smallest absolute Gasteiger partial charge is 0.216 e. The van der Waals surface area contributed by atoms with Crippen molar-refractivity contribution >= 4 is 11.3 Å². The van der Waals surface area contributed by atoms with Gasteiger partial charge in [-0.1, -0.05) is 0 Å². The number of nitrogens with zero attached hydrogens (tertiary/aromatic N) is 2. The predicted octanol–water partition coefficient (Wildman–Crippen LogP) is 2.40. The average molecular weight is 265 g/mol. The predicted molar refractivity (Wildman–Crippen MR) is 74.1 cm³/mol. The molecule has 0 aliphatic heterocycles. The largest absolute Gasteiger partial charge is 0.481 e. The summed E-state index contributed by atoms with van der Waals surface area (Å²) >= 11 is 1.83. The lowest BCUT2D eigenvalue weighted by Crippen LogP contribution is -2.13. The summed E-state index contributed by atoms with van der Waals surface area (Å²) in [6.07, 6.45) is 0. The van der Waals surface area contributed by atoms with Crippen molar-refractivity contribution in [2.75, 3.05) is 7.11 Å². The quantitative estimate of drug-likeness (QED) is 0.902. The normalized spacial score (nSPS) is 10.9. The lowest BCUT2D eigenvalue weighted by Gasteiger charge is -2.06. The van der Waals surface area contributed by atoms with E-state index in [2.05, 4.69) is 29.5 Å². The molecule has 0 saturated carbocycles. The van der Waals surface area contributed by atoms with Gasteiger partial charge in [0.15, 0.2) is 0 Å². The third-order valence-electron chi connectivity index (χ3n) is 2.88. The van der Waals surface area contributed by atoms with E-state index in [-0.39, 0.29) is 0 Å². The molecule has 5 heteroatoms. The lowest BCUT2D eigenvalue weighted by molar-refractivity contribution is 0.368. The van der Waals surface area contributed by atoms with Crippen LogP contribution in [-0.4, -0.2) is 16.9 Å². The van der Waals surface area contributed by atoms with Crippen LogP contribution in [0, 0.1) is 13.8 Å². The van der Waals surface area contributed by atoms with Gasteiger partial charge in [-0.2, -0.15) is 5.10 Å².